The van der Waals surface area contributed by atoms with Gasteiger partial charge in [0, 0.05) is 10.6 Å². The van der Waals surface area contributed by atoms with Crippen molar-refractivity contribution >= 4 is 23.4 Å². The van der Waals surface area contributed by atoms with Crippen LogP contribution in [0.25, 0.3) is 5.69 Å². The zero-order chi connectivity index (χ0) is 21.7. The van der Waals surface area contributed by atoms with Gasteiger partial charge in [0.05, 0.1) is 29.7 Å². The molecular formula is C22H23ClN4O3. The normalized spacial score (nSPS) is 10.7. The fourth-order valence-electron chi connectivity index (χ4n) is 3.00. The maximum absolute atomic E-state index is 12.7. The molecule has 3 aromatic rings. The molecule has 0 radical (unpaired) electrons. The molecule has 30 heavy (non-hydrogen) atoms. The van der Waals surface area contributed by atoms with Crippen molar-refractivity contribution in [3.05, 3.63) is 76.6 Å². The van der Waals surface area contributed by atoms with Crippen molar-refractivity contribution in [1.82, 2.24) is 20.6 Å². The van der Waals surface area contributed by atoms with E-state index in [1.165, 1.54) is 6.20 Å². The molecule has 0 bridgehead atoms. The second-order valence-corrected chi connectivity index (χ2v) is 7.29. The third-order valence-electron chi connectivity index (χ3n) is 4.39. The van der Waals surface area contributed by atoms with Crippen LogP contribution in [0.5, 0.6) is 5.75 Å². The summed E-state index contributed by atoms with van der Waals surface area (Å²) in [4.78, 5) is 25.1. The summed E-state index contributed by atoms with van der Waals surface area (Å²) in [6.45, 7) is 6.37. The topological polar surface area (TPSA) is 85.2 Å². The Kier molecular flexibility index (Phi) is 6.74. The predicted molar refractivity (Wildman–Crippen MR) is 115 cm³/mol. The Morgan fingerprint density at radius 3 is 2.27 bits per heavy atom. The minimum Gasteiger partial charge on any atom is -0.494 e. The molecule has 0 aliphatic carbocycles. The van der Waals surface area contributed by atoms with E-state index in [0.29, 0.717) is 28.5 Å². The third kappa shape index (κ3) is 4.80. The van der Waals surface area contributed by atoms with E-state index in [1.54, 1.807) is 41.1 Å². The Hall–Kier alpha value is -3.32. The molecule has 3 rings (SSSR count). The van der Waals surface area contributed by atoms with Crippen LogP contribution in [0.15, 0.2) is 54.7 Å². The van der Waals surface area contributed by atoms with Gasteiger partial charge in [-0.3, -0.25) is 20.4 Å². The zero-order valence-corrected chi connectivity index (χ0v) is 17.7. The Labute approximate surface area is 180 Å². The number of hydrazine groups is 1. The Morgan fingerprint density at radius 2 is 1.67 bits per heavy atom. The minimum atomic E-state index is -0.446. The molecule has 0 fully saturated rings. The Bertz CT molecular complexity index is 1030. The van der Waals surface area contributed by atoms with Crippen LogP contribution in [0.2, 0.25) is 5.02 Å². The van der Waals surface area contributed by atoms with Crippen LogP contribution in [-0.4, -0.2) is 28.2 Å². The van der Waals surface area contributed by atoms with Crippen molar-refractivity contribution in [3.63, 3.8) is 0 Å². The number of amides is 2. The molecule has 0 aliphatic rings. The van der Waals surface area contributed by atoms with Crippen molar-refractivity contribution in [3.8, 4) is 11.4 Å². The van der Waals surface area contributed by atoms with Crippen LogP contribution in [0.4, 0.5) is 0 Å². The van der Waals surface area contributed by atoms with Crippen LogP contribution in [0.3, 0.4) is 0 Å². The predicted octanol–water partition coefficient (Wildman–Crippen LogP) is 4.12. The van der Waals surface area contributed by atoms with Crippen molar-refractivity contribution in [2.24, 2.45) is 0 Å². The molecule has 2 amide bonds. The summed E-state index contributed by atoms with van der Waals surface area (Å²) < 4.78 is 7.06. The lowest BCUT2D eigenvalue weighted by molar-refractivity contribution is 0.0846. The fraction of sp³-hybridized carbons (Fsp3) is 0.227. The molecule has 156 valence electrons. The van der Waals surface area contributed by atoms with Gasteiger partial charge in [0.25, 0.3) is 11.8 Å². The molecule has 0 spiro atoms. The van der Waals surface area contributed by atoms with E-state index in [-0.39, 0.29) is 5.92 Å². The number of aromatic nitrogens is 2. The van der Waals surface area contributed by atoms with E-state index in [0.717, 1.165) is 11.4 Å². The number of benzene rings is 2. The maximum Gasteiger partial charge on any atom is 0.273 e. The summed E-state index contributed by atoms with van der Waals surface area (Å²) in [7, 11) is 0. The number of rotatable bonds is 6. The second kappa shape index (κ2) is 9.45. The third-order valence-corrected chi connectivity index (χ3v) is 4.64. The van der Waals surface area contributed by atoms with Gasteiger partial charge in [-0.2, -0.15) is 5.10 Å². The highest BCUT2D eigenvalue weighted by molar-refractivity contribution is 6.30. The van der Waals surface area contributed by atoms with Crippen LogP contribution in [-0.2, 0) is 0 Å². The molecule has 0 aliphatic heterocycles. The molecular weight excluding hydrogens is 404 g/mol. The van der Waals surface area contributed by atoms with Gasteiger partial charge in [0.1, 0.15) is 5.75 Å². The number of ether oxygens (including phenoxy) is 1. The van der Waals surface area contributed by atoms with Gasteiger partial charge in [0.2, 0.25) is 0 Å². The summed E-state index contributed by atoms with van der Waals surface area (Å²) in [6.07, 6.45) is 1.49. The lowest BCUT2D eigenvalue weighted by Gasteiger charge is -2.13. The first-order valence-electron chi connectivity index (χ1n) is 9.58. The van der Waals surface area contributed by atoms with E-state index in [4.69, 9.17) is 16.3 Å². The number of carbonyl (C=O) groups is 2. The minimum absolute atomic E-state index is 0.0192. The van der Waals surface area contributed by atoms with Crippen molar-refractivity contribution in [2.45, 2.75) is 26.7 Å². The molecule has 2 aromatic carbocycles. The van der Waals surface area contributed by atoms with Crippen molar-refractivity contribution < 1.29 is 14.3 Å². The van der Waals surface area contributed by atoms with Gasteiger partial charge < -0.3 is 4.74 Å². The maximum atomic E-state index is 12.7. The van der Waals surface area contributed by atoms with Gasteiger partial charge in [0.15, 0.2) is 0 Å². The summed E-state index contributed by atoms with van der Waals surface area (Å²) >= 11 is 5.96. The molecule has 0 atom stereocenters. The second-order valence-electron chi connectivity index (χ2n) is 6.85. The number of halogens is 1. The average Bonchev–Trinajstić information content (AvgIpc) is 3.19. The smallest absolute Gasteiger partial charge is 0.273 e. The highest BCUT2D eigenvalue weighted by atomic mass is 35.5. The molecule has 1 heterocycles. The SMILES string of the molecule is CCOc1ccc(C(=O)NNC(=O)c2cnn(-c3ccc(Cl)cc3)c2C(C)C)cc1. The highest BCUT2D eigenvalue weighted by Gasteiger charge is 2.21. The van der Waals surface area contributed by atoms with Crippen LogP contribution in [0.1, 0.15) is 53.1 Å². The number of nitrogens with zero attached hydrogens (tertiary/aromatic N) is 2. The van der Waals surface area contributed by atoms with E-state index >= 15 is 0 Å². The lowest BCUT2D eigenvalue weighted by atomic mass is 10.1. The van der Waals surface area contributed by atoms with Gasteiger partial charge in [-0.15, -0.1) is 0 Å². The Balaban J connectivity index is 1.73. The Morgan fingerprint density at radius 1 is 1.03 bits per heavy atom. The van der Waals surface area contributed by atoms with Gasteiger partial charge in [-0.05, 0) is 61.4 Å². The van der Waals surface area contributed by atoms with E-state index in [2.05, 4.69) is 16.0 Å². The molecule has 0 saturated carbocycles. The summed E-state index contributed by atoms with van der Waals surface area (Å²) in [6, 6.07) is 13.8. The van der Waals surface area contributed by atoms with Crippen molar-refractivity contribution in [1.29, 1.82) is 0 Å². The van der Waals surface area contributed by atoms with Crippen LogP contribution >= 0.6 is 11.6 Å². The quantitative estimate of drug-likeness (QED) is 0.580. The highest BCUT2D eigenvalue weighted by Crippen LogP contribution is 2.24. The largest absolute Gasteiger partial charge is 0.494 e. The molecule has 7 nitrogen and oxygen atoms in total. The van der Waals surface area contributed by atoms with Crippen LogP contribution in [0, 0.1) is 0 Å². The number of nitrogens with one attached hydrogen (secondary N) is 2. The standard InChI is InChI=1S/C22H23ClN4O3/c1-4-30-18-11-5-15(6-12-18)21(28)25-26-22(29)19-13-24-27(20(19)14(2)3)17-9-7-16(23)8-10-17/h5-14H,4H2,1-3H3,(H,25,28)(H,26,29). The average molecular weight is 427 g/mol. The molecule has 1 aromatic heterocycles. The molecule has 2 N–H and O–H groups in total. The summed E-state index contributed by atoms with van der Waals surface area (Å²) in [5.74, 6) is -0.180. The van der Waals surface area contributed by atoms with Gasteiger partial charge in [-0.25, -0.2) is 4.68 Å². The first kappa shape index (κ1) is 21.4. The first-order chi connectivity index (χ1) is 14.4. The molecule has 8 heteroatoms. The van der Waals surface area contributed by atoms with Crippen LogP contribution < -0.4 is 15.6 Å². The van der Waals surface area contributed by atoms with E-state index < -0.39 is 11.8 Å². The summed E-state index contributed by atoms with van der Waals surface area (Å²) in [5, 5.41) is 4.97. The van der Waals surface area contributed by atoms with Gasteiger partial charge >= 0.3 is 0 Å². The fourth-order valence-corrected chi connectivity index (χ4v) is 3.12. The van der Waals surface area contributed by atoms with E-state index in [9.17, 15) is 9.59 Å². The first-order valence-corrected chi connectivity index (χ1v) is 9.96. The van der Waals surface area contributed by atoms with E-state index in [1.807, 2.05) is 32.9 Å². The molecule has 0 unspecified atom stereocenters. The zero-order valence-electron chi connectivity index (χ0n) is 17.0. The number of hydrogen-bond acceptors (Lipinski definition) is 4. The molecule has 0 saturated heterocycles. The van der Waals surface area contributed by atoms with Crippen molar-refractivity contribution in [2.75, 3.05) is 6.61 Å². The number of hydrogen-bond donors (Lipinski definition) is 2. The monoisotopic (exact) mass is 426 g/mol. The number of carbonyl (C=O) groups excluding carboxylic acids is 2. The summed E-state index contributed by atoms with van der Waals surface area (Å²) in [5.41, 5.74) is 7.20. The lowest BCUT2D eigenvalue weighted by Crippen LogP contribution is -2.41. The van der Waals surface area contributed by atoms with Gasteiger partial charge in [-0.1, -0.05) is 25.4 Å².